The summed E-state index contributed by atoms with van der Waals surface area (Å²) >= 11 is 3.41. The van der Waals surface area contributed by atoms with Gasteiger partial charge in [0.05, 0.1) is 0 Å². The highest BCUT2D eigenvalue weighted by Crippen LogP contribution is 2.30. The van der Waals surface area contributed by atoms with Crippen LogP contribution < -0.4 is 4.90 Å². The number of rotatable bonds is 3. The fourth-order valence-electron chi connectivity index (χ4n) is 3.34. The molecule has 2 fully saturated rings. The molecule has 1 unspecified atom stereocenters. The van der Waals surface area contributed by atoms with Gasteiger partial charge in [0.2, 0.25) is 0 Å². The number of alkyl halides is 1. The molecule has 0 saturated carbocycles. The van der Waals surface area contributed by atoms with E-state index >= 15 is 0 Å². The van der Waals surface area contributed by atoms with Gasteiger partial charge in [0, 0.05) is 35.7 Å². The molecule has 0 spiro atoms. The Hall–Kier alpha value is -0.610. The van der Waals surface area contributed by atoms with Crippen LogP contribution in [-0.2, 0) is 5.33 Å². The molecule has 0 aromatic heterocycles. The van der Waals surface area contributed by atoms with Gasteiger partial charge in [-0.2, -0.15) is 0 Å². The SMILES string of the molecule is Fc1cccc(N2CCC(N3CCCC3)C2)c1CBr. The molecule has 4 heteroatoms. The standard InChI is InChI=1S/C15H20BrFN2/c16-10-13-14(17)4-3-5-15(13)19-9-6-12(11-19)18-7-1-2-8-18/h3-5,12H,1-2,6-11H2. The largest absolute Gasteiger partial charge is 0.370 e. The second-order valence-corrected chi connectivity index (χ2v) is 6.06. The van der Waals surface area contributed by atoms with E-state index in [0.717, 1.165) is 24.3 Å². The van der Waals surface area contributed by atoms with E-state index in [4.69, 9.17) is 0 Å². The van der Waals surface area contributed by atoms with Crippen molar-refractivity contribution < 1.29 is 4.39 Å². The first-order valence-electron chi connectivity index (χ1n) is 7.12. The van der Waals surface area contributed by atoms with Crippen LogP contribution in [0, 0.1) is 5.82 Å². The summed E-state index contributed by atoms with van der Waals surface area (Å²) in [6, 6.07) is 6.08. The minimum absolute atomic E-state index is 0.0982. The average molecular weight is 327 g/mol. The fraction of sp³-hybridized carbons (Fsp3) is 0.600. The number of benzene rings is 1. The van der Waals surface area contributed by atoms with Crippen LogP contribution in [0.4, 0.5) is 10.1 Å². The molecular formula is C15H20BrFN2. The second kappa shape index (κ2) is 5.80. The van der Waals surface area contributed by atoms with Crippen molar-refractivity contribution >= 4 is 21.6 Å². The van der Waals surface area contributed by atoms with Crippen molar-refractivity contribution in [2.24, 2.45) is 0 Å². The first-order chi connectivity index (χ1) is 9.29. The molecule has 2 nitrogen and oxygen atoms in total. The van der Waals surface area contributed by atoms with Crippen LogP contribution in [0.2, 0.25) is 0 Å². The summed E-state index contributed by atoms with van der Waals surface area (Å²) in [4.78, 5) is 4.95. The number of hydrogen-bond donors (Lipinski definition) is 0. The lowest BCUT2D eigenvalue weighted by atomic mass is 10.1. The van der Waals surface area contributed by atoms with E-state index in [1.807, 2.05) is 12.1 Å². The summed E-state index contributed by atoms with van der Waals surface area (Å²) in [6.45, 7) is 4.58. The maximum atomic E-state index is 13.8. The quantitative estimate of drug-likeness (QED) is 0.785. The Labute approximate surface area is 122 Å². The molecule has 0 N–H and O–H groups in total. The Morgan fingerprint density at radius 1 is 1.21 bits per heavy atom. The lowest BCUT2D eigenvalue weighted by molar-refractivity contribution is 0.260. The van der Waals surface area contributed by atoms with Gasteiger partial charge in [-0.1, -0.05) is 22.0 Å². The molecule has 0 amide bonds. The first kappa shape index (κ1) is 13.4. The second-order valence-electron chi connectivity index (χ2n) is 5.50. The number of nitrogens with zero attached hydrogens (tertiary/aromatic N) is 2. The lowest BCUT2D eigenvalue weighted by Gasteiger charge is -2.25. The number of hydrogen-bond acceptors (Lipinski definition) is 2. The maximum Gasteiger partial charge on any atom is 0.129 e. The van der Waals surface area contributed by atoms with Crippen LogP contribution in [0.1, 0.15) is 24.8 Å². The molecule has 1 atom stereocenters. The van der Waals surface area contributed by atoms with E-state index in [2.05, 4.69) is 25.7 Å². The zero-order chi connectivity index (χ0) is 13.2. The highest BCUT2D eigenvalue weighted by Gasteiger charge is 2.30. The molecule has 0 bridgehead atoms. The summed E-state index contributed by atoms with van der Waals surface area (Å²) in [5, 5.41) is 0.583. The minimum Gasteiger partial charge on any atom is -0.370 e. The van der Waals surface area contributed by atoms with Crippen molar-refractivity contribution in [2.75, 3.05) is 31.1 Å². The predicted molar refractivity (Wildman–Crippen MR) is 80.5 cm³/mol. The minimum atomic E-state index is -0.0982. The summed E-state index contributed by atoms with van der Waals surface area (Å²) < 4.78 is 13.8. The Kier molecular flexibility index (Phi) is 4.08. The van der Waals surface area contributed by atoms with Crippen LogP contribution in [0.25, 0.3) is 0 Å². The molecule has 19 heavy (non-hydrogen) atoms. The van der Waals surface area contributed by atoms with Gasteiger partial charge < -0.3 is 4.90 Å². The molecule has 2 aliphatic rings. The van der Waals surface area contributed by atoms with Crippen molar-refractivity contribution in [2.45, 2.75) is 30.6 Å². The summed E-state index contributed by atoms with van der Waals surface area (Å²) in [6.07, 6.45) is 3.88. The van der Waals surface area contributed by atoms with Gasteiger partial charge >= 0.3 is 0 Å². The van der Waals surface area contributed by atoms with Crippen molar-refractivity contribution in [3.8, 4) is 0 Å². The molecule has 2 aliphatic heterocycles. The summed E-state index contributed by atoms with van der Waals surface area (Å²) in [5.41, 5.74) is 1.86. The van der Waals surface area contributed by atoms with Gasteiger partial charge in [0.1, 0.15) is 5.82 Å². The van der Waals surface area contributed by atoms with Crippen molar-refractivity contribution in [1.82, 2.24) is 4.90 Å². The maximum absolute atomic E-state index is 13.8. The Morgan fingerprint density at radius 2 is 2.00 bits per heavy atom. The fourth-order valence-corrected chi connectivity index (χ4v) is 3.90. The molecule has 1 aromatic carbocycles. The van der Waals surface area contributed by atoms with E-state index in [1.165, 1.54) is 32.4 Å². The molecule has 1 aromatic rings. The van der Waals surface area contributed by atoms with Crippen molar-refractivity contribution in [3.63, 3.8) is 0 Å². The third-order valence-electron chi connectivity index (χ3n) is 4.39. The van der Waals surface area contributed by atoms with E-state index < -0.39 is 0 Å². The van der Waals surface area contributed by atoms with Crippen molar-refractivity contribution in [1.29, 1.82) is 0 Å². The molecular weight excluding hydrogens is 307 g/mol. The van der Waals surface area contributed by atoms with Crippen LogP contribution in [0.5, 0.6) is 0 Å². The number of halogens is 2. The molecule has 3 rings (SSSR count). The van der Waals surface area contributed by atoms with Crippen molar-refractivity contribution in [3.05, 3.63) is 29.6 Å². The third-order valence-corrected chi connectivity index (χ3v) is 4.95. The number of likely N-dealkylation sites (tertiary alicyclic amines) is 1. The third kappa shape index (κ3) is 2.65. The average Bonchev–Trinajstić information content (AvgIpc) is 3.09. The normalized spacial score (nSPS) is 24.3. The highest BCUT2D eigenvalue weighted by molar-refractivity contribution is 9.08. The van der Waals surface area contributed by atoms with Crippen LogP contribution >= 0.6 is 15.9 Å². The lowest BCUT2D eigenvalue weighted by Crippen LogP contribution is -2.35. The molecule has 0 radical (unpaired) electrons. The van der Waals surface area contributed by atoms with Gasteiger partial charge in [-0.05, 0) is 44.5 Å². The highest BCUT2D eigenvalue weighted by atomic mass is 79.9. The van der Waals surface area contributed by atoms with Gasteiger partial charge in [-0.3, -0.25) is 4.90 Å². The summed E-state index contributed by atoms with van der Waals surface area (Å²) in [7, 11) is 0. The molecule has 2 heterocycles. The van der Waals surface area contributed by atoms with Gasteiger partial charge in [0.15, 0.2) is 0 Å². The zero-order valence-electron chi connectivity index (χ0n) is 11.1. The topological polar surface area (TPSA) is 6.48 Å². The van der Waals surface area contributed by atoms with Gasteiger partial charge in [0.25, 0.3) is 0 Å². The predicted octanol–water partition coefficient (Wildman–Crippen LogP) is 3.40. The zero-order valence-corrected chi connectivity index (χ0v) is 12.7. The van der Waals surface area contributed by atoms with E-state index in [9.17, 15) is 4.39 Å². The first-order valence-corrected chi connectivity index (χ1v) is 8.24. The van der Waals surface area contributed by atoms with Crippen LogP contribution in [0.3, 0.4) is 0 Å². The Balaban J connectivity index is 1.75. The van der Waals surface area contributed by atoms with Crippen LogP contribution in [0.15, 0.2) is 18.2 Å². The molecule has 2 saturated heterocycles. The summed E-state index contributed by atoms with van der Waals surface area (Å²) in [5.74, 6) is -0.0982. The Bertz CT molecular complexity index is 446. The smallest absolute Gasteiger partial charge is 0.129 e. The van der Waals surface area contributed by atoms with Crippen LogP contribution in [-0.4, -0.2) is 37.1 Å². The van der Waals surface area contributed by atoms with Gasteiger partial charge in [-0.25, -0.2) is 4.39 Å². The Morgan fingerprint density at radius 3 is 2.74 bits per heavy atom. The van der Waals surface area contributed by atoms with E-state index in [0.29, 0.717) is 11.4 Å². The van der Waals surface area contributed by atoms with Gasteiger partial charge in [-0.15, -0.1) is 0 Å². The number of anilines is 1. The molecule has 104 valence electrons. The van der Waals surface area contributed by atoms with E-state index in [-0.39, 0.29) is 5.82 Å². The van der Waals surface area contributed by atoms with E-state index in [1.54, 1.807) is 6.07 Å². The molecule has 0 aliphatic carbocycles. The monoisotopic (exact) mass is 326 g/mol.